The van der Waals surface area contributed by atoms with E-state index in [4.69, 9.17) is 0 Å². The molecule has 0 aliphatic rings. The first-order chi connectivity index (χ1) is 2.27. The molecule has 0 unspecified atom stereocenters. The summed E-state index contributed by atoms with van der Waals surface area (Å²) < 4.78 is 0. The van der Waals surface area contributed by atoms with Crippen LogP contribution in [0, 0.1) is 7.05 Å². The van der Waals surface area contributed by atoms with Gasteiger partial charge < -0.3 is 4.90 Å². The summed E-state index contributed by atoms with van der Waals surface area (Å²) in [7, 11) is 5.53. The number of hydrogen-bond donors (Lipinski definition) is 0. The molecule has 2 heteroatoms. The molecule has 0 aromatic heterocycles. The zero-order valence-corrected chi connectivity index (χ0v) is 7.28. The topological polar surface area (TPSA) is 3.24 Å². The second-order valence-corrected chi connectivity index (χ2v) is 1.17. The van der Waals surface area contributed by atoms with E-state index >= 15 is 0 Å². The average molecular weight is 161 g/mol. The minimum absolute atomic E-state index is 0. The van der Waals surface area contributed by atoms with Gasteiger partial charge in [-0.2, -0.15) is 0 Å². The van der Waals surface area contributed by atoms with Crippen molar-refractivity contribution in [2.75, 3.05) is 13.6 Å². The third-order valence-corrected chi connectivity index (χ3v) is 0.540. The first-order valence-corrected chi connectivity index (χ1v) is 1.79. The van der Waals surface area contributed by atoms with Crippen LogP contribution < -0.4 is 0 Å². The molecule has 0 atom stereocenters. The molecule has 0 aromatic rings. The van der Waals surface area contributed by atoms with E-state index in [9.17, 15) is 0 Å². The monoisotopic (exact) mass is 161 g/mol. The molecule has 0 bridgehead atoms. The standard InChI is InChI=1S/C4H10N.Y/c1-4-5(2)3;/h2,4H2,1,3H3;/q-1;. The molecular formula is C4H10NY-. The van der Waals surface area contributed by atoms with Crippen molar-refractivity contribution in [3.63, 3.8) is 0 Å². The molecule has 0 aliphatic carbocycles. The molecule has 0 fully saturated rings. The smallest absolute Gasteiger partial charge is 0 e. The Labute approximate surface area is 65.0 Å². The second-order valence-electron chi connectivity index (χ2n) is 1.17. The van der Waals surface area contributed by atoms with Gasteiger partial charge in [-0.15, -0.1) is 0 Å². The van der Waals surface area contributed by atoms with Crippen molar-refractivity contribution in [1.29, 1.82) is 0 Å². The minimum atomic E-state index is 0. The van der Waals surface area contributed by atoms with Gasteiger partial charge in [-0.1, -0.05) is 6.92 Å². The van der Waals surface area contributed by atoms with Gasteiger partial charge in [0.25, 0.3) is 0 Å². The maximum Gasteiger partial charge on any atom is 0 e. The van der Waals surface area contributed by atoms with Gasteiger partial charge in [0.05, 0.1) is 0 Å². The van der Waals surface area contributed by atoms with Crippen molar-refractivity contribution in [2.24, 2.45) is 0 Å². The molecule has 1 radical (unpaired) electrons. The Morgan fingerprint density at radius 3 is 1.83 bits per heavy atom. The van der Waals surface area contributed by atoms with Crippen molar-refractivity contribution in [1.82, 2.24) is 4.90 Å². The average Bonchev–Trinajstić information content (AvgIpc) is 1.38. The molecule has 0 N–H and O–H groups in total. The van der Waals surface area contributed by atoms with Crippen LogP contribution in [0.2, 0.25) is 0 Å². The van der Waals surface area contributed by atoms with Crippen LogP contribution in [0.1, 0.15) is 6.92 Å². The number of rotatable bonds is 1. The molecule has 0 saturated carbocycles. The molecule has 0 saturated heterocycles. The predicted octanol–water partition coefficient (Wildman–Crippen LogP) is 0.727. The summed E-state index contributed by atoms with van der Waals surface area (Å²) >= 11 is 0. The predicted molar refractivity (Wildman–Crippen MR) is 23.7 cm³/mol. The fourth-order valence-electron chi connectivity index (χ4n) is 0. The molecule has 1 nitrogen and oxygen atoms in total. The van der Waals surface area contributed by atoms with Gasteiger partial charge >= 0.3 is 0 Å². The second kappa shape index (κ2) is 6.06. The molecule has 35 valence electrons. The van der Waals surface area contributed by atoms with Crippen molar-refractivity contribution in [2.45, 2.75) is 6.92 Å². The molecule has 0 spiro atoms. The van der Waals surface area contributed by atoms with Gasteiger partial charge in [0.15, 0.2) is 0 Å². The van der Waals surface area contributed by atoms with Crippen molar-refractivity contribution in [3.05, 3.63) is 7.05 Å². The van der Waals surface area contributed by atoms with E-state index in [1.165, 1.54) is 0 Å². The third kappa shape index (κ3) is 8.91. The summed E-state index contributed by atoms with van der Waals surface area (Å²) in [5.74, 6) is 0. The maximum atomic E-state index is 3.59. The summed E-state index contributed by atoms with van der Waals surface area (Å²) in [6.07, 6.45) is 0. The van der Waals surface area contributed by atoms with Crippen LogP contribution in [0.5, 0.6) is 0 Å². The zero-order chi connectivity index (χ0) is 4.28. The van der Waals surface area contributed by atoms with Gasteiger partial charge in [-0.3, -0.25) is 7.05 Å². The summed E-state index contributed by atoms with van der Waals surface area (Å²) in [5.41, 5.74) is 0. The quantitative estimate of drug-likeness (QED) is 0.512. The van der Waals surface area contributed by atoms with E-state index in [0.717, 1.165) is 6.54 Å². The molecule has 0 rings (SSSR count). The number of hydrogen-bond acceptors (Lipinski definition) is 1. The first kappa shape index (κ1) is 10.1. The molecule has 6 heavy (non-hydrogen) atoms. The third-order valence-electron chi connectivity index (χ3n) is 0.540. The Hall–Kier alpha value is 1.06. The molecule has 0 aromatic carbocycles. The van der Waals surface area contributed by atoms with Crippen molar-refractivity contribution < 1.29 is 32.7 Å². The minimum Gasteiger partial charge on any atom is -0.462 e. The Morgan fingerprint density at radius 1 is 1.67 bits per heavy atom. The van der Waals surface area contributed by atoms with E-state index in [0.29, 0.717) is 0 Å². The normalized spacial score (nSPS) is 8.00. The Morgan fingerprint density at radius 2 is 1.83 bits per heavy atom. The molecule has 0 aliphatic heterocycles. The van der Waals surface area contributed by atoms with Crippen LogP contribution in [0.15, 0.2) is 0 Å². The largest absolute Gasteiger partial charge is 0.462 e. The van der Waals surface area contributed by atoms with Crippen LogP contribution in [-0.2, 0) is 32.7 Å². The van der Waals surface area contributed by atoms with Crippen molar-refractivity contribution in [3.8, 4) is 0 Å². The van der Waals surface area contributed by atoms with Gasteiger partial charge in [0.2, 0.25) is 0 Å². The van der Waals surface area contributed by atoms with Crippen molar-refractivity contribution >= 4 is 0 Å². The molecule has 0 amide bonds. The van der Waals surface area contributed by atoms with E-state index in [-0.39, 0.29) is 32.7 Å². The van der Waals surface area contributed by atoms with Crippen LogP contribution in [0.3, 0.4) is 0 Å². The van der Waals surface area contributed by atoms with Crippen LogP contribution in [0.25, 0.3) is 0 Å². The fraction of sp³-hybridized carbons (Fsp3) is 0.750. The van der Waals surface area contributed by atoms with Gasteiger partial charge in [-0.25, -0.2) is 0 Å². The number of nitrogens with zero attached hydrogens (tertiary/aromatic N) is 1. The first-order valence-electron chi connectivity index (χ1n) is 1.79. The van der Waals surface area contributed by atoms with Crippen LogP contribution in [-0.4, -0.2) is 18.5 Å². The zero-order valence-electron chi connectivity index (χ0n) is 4.44. The Bertz CT molecular complexity index is 21.5. The summed E-state index contributed by atoms with van der Waals surface area (Å²) in [5, 5.41) is 0. The molecular weight excluding hydrogens is 151 g/mol. The summed E-state index contributed by atoms with van der Waals surface area (Å²) in [6.45, 7) is 3.09. The maximum absolute atomic E-state index is 3.59. The van der Waals surface area contributed by atoms with E-state index in [1.54, 1.807) is 0 Å². The van der Waals surface area contributed by atoms with E-state index in [2.05, 4.69) is 14.0 Å². The van der Waals surface area contributed by atoms with Gasteiger partial charge in [0, 0.05) is 32.7 Å². The fourth-order valence-corrected chi connectivity index (χ4v) is 0. The van der Waals surface area contributed by atoms with Crippen LogP contribution >= 0.6 is 0 Å². The van der Waals surface area contributed by atoms with E-state index < -0.39 is 0 Å². The van der Waals surface area contributed by atoms with Crippen LogP contribution in [0.4, 0.5) is 0 Å². The Kier molecular flexibility index (Phi) is 10.2. The molecule has 0 heterocycles. The SMILES string of the molecule is [CH2-]N(C)CC.[Y]. The van der Waals surface area contributed by atoms with Gasteiger partial charge in [-0.05, 0) is 13.6 Å². The summed E-state index contributed by atoms with van der Waals surface area (Å²) in [6, 6.07) is 0. The van der Waals surface area contributed by atoms with Gasteiger partial charge in [0.1, 0.15) is 0 Å². The van der Waals surface area contributed by atoms with E-state index in [1.807, 2.05) is 11.9 Å². The Balaban J connectivity index is 0. The summed E-state index contributed by atoms with van der Waals surface area (Å²) in [4.78, 5) is 1.88.